The molecular weight excluding hydrogens is 278 g/mol. The molecule has 0 bridgehead atoms. The minimum atomic E-state index is -0.704. The van der Waals surface area contributed by atoms with Crippen LogP contribution in [0.3, 0.4) is 0 Å². The van der Waals surface area contributed by atoms with Gasteiger partial charge in [-0.2, -0.15) is 5.26 Å². The molecule has 0 heterocycles. The number of hydrogen-bond acceptors (Lipinski definition) is 4. The number of benzene rings is 1. The van der Waals surface area contributed by atoms with Gasteiger partial charge in [-0.15, -0.1) is 0 Å². The highest BCUT2D eigenvalue weighted by Crippen LogP contribution is 2.28. The second kappa shape index (κ2) is 7.28. The molecule has 5 nitrogen and oxygen atoms in total. The van der Waals surface area contributed by atoms with Crippen LogP contribution in [-0.4, -0.2) is 35.7 Å². The summed E-state index contributed by atoms with van der Waals surface area (Å²) in [6.45, 7) is 2.21. The monoisotopic (exact) mass is 301 g/mol. The largest absolute Gasteiger partial charge is 0.392 e. The van der Waals surface area contributed by atoms with Gasteiger partial charge in [-0.1, -0.05) is 18.2 Å². The number of carbonyl (C=O) groups excluding carboxylic acids is 1. The first-order chi connectivity index (χ1) is 10.5. The van der Waals surface area contributed by atoms with Crippen molar-refractivity contribution in [2.45, 2.75) is 44.2 Å². The third-order valence-electron chi connectivity index (χ3n) is 3.99. The lowest BCUT2D eigenvalue weighted by atomic mass is 10.00. The summed E-state index contributed by atoms with van der Waals surface area (Å²) >= 11 is 0. The molecule has 0 aromatic heterocycles. The number of anilines is 1. The highest BCUT2D eigenvalue weighted by atomic mass is 16.3. The Morgan fingerprint density at radius 2 is 2.05 bits per heavy atom. The van der Waals surface area contributed by atoms with Crippen LogP contribution in [0.2, 0.25) is 0 Å². The standard InChI is InChI=1S/C17H23N3O2/c1-14(21)11-20(15-7-3-2-4-8-15)12-16(22)19-17(13-18)9-5-6-10-17/h2-4,7-8,14,21H,5-6,9-12H2,1H3,(H,19,22)/t14-/m0/s1. The van der Waals surface area contributed by atoms with Gasteiger partial charge in [0.25, 0.3) is 0 Å². The Morgan fingerprint density at radius 1 is 1.41 bits per heavy atom. The van der Waals surface area contributed by atoms with E-state index in [-0.39, 0.29) is 12.5 Å². The van der Waals surface area contributed by atoms with E-state index in [1.54, 1.807) is 6.92 Å². The first kappa shape index (κ1) is 16.3. The fourth-order valence-electron chi connectivity index (χ4n) is 2.94. The maximum absolute atomic E-state index is 12.3. The number of hydrogen-bond donors (Lipinski definition) is 2. The second-order valence-corrected chi connectivity index (χ2v) is 6.01. The molecule has 5 heteroatoms. The van der Waals surface area contributed by atoms with E-state index in [9.17, 15) is 15.2 Å². The molecule has 1 amide bonds. The molecule has 1 aromatic rings. The molecule has 1 aliphatic rings. The quantitative estimate of drug-likeness (QED) is 0.840. The smallest absolute Gasteiger partial charge is 0.240 e. The number of nitriles is 1. The Bertz CT molecular complexity index is 531. The van der Waals surface area contributed by atoms with Gasteiger partial charge in [0.2, 0.25) is 5.91 Å². The summed E-state index contributed by atoms with van der Waals surface area (Å²) in [4.78, 5) is 14.2. The average Bonchev–Trinajstić information content (AvgIpc) is 2.96. The van der Waals surface area contributed by atoms with Crippen molar-refractivity contribution >= 4 is 11.6 Å². The number of nitrogens with zero attached hydrogens (tertiary/aromatic N) is 2. The number of rotatable bonds is 6. The molecule has 118 valence electrons. The number of aliphatic hydroxyl groups is 1. The number of nitrogens with one attached hydrogen (secondary N) is 1. The van der Waals surface area contributed by atoms with Gasteiger partial charge in [0, 0.05) is 12.2 Å². The molecule has 0 radical (unpaired) electrons. The van der Waals surface area contributed by atoms with Gasteiger partial charge in [-0.3, -0.25) is 4.79 Å². The molecule has 1 saturated carbocycles. The van der Waals surface area contributed by atoms with Crippen LogP contribution in [0.15, 0.2) is 30.3 Å². The van der Waals surface area contributed by atoms with E-state index in [4.69, 9.17) is 0 Å². The van der Waals surface area contributed by atoms with Crippen LogP contribution in [0, 0.1) is 11.3 Å². The van der Waals surface area contributed by atoms with Gasteiger partial charge >= 0.3 is 0 Å². The average molecular weight is 301 g/mol. The van der Waals surface area contributed by atoms with E-state index in [1.807, 2.05) is 35.2 Å². The minimum Gasteiger partial charge on any atom is -0.392 e. The van der Waals surface area contributed by atoms with Gasteiger partial charge in [0.15, 0.2) is 0 Å². The van der Waals surface area contributed by atoms with Crippen molar-refractivity contribution in [1.29, 1.82) is 5.26 Å². The van der Waals surface area contributed by atoms with Crippen molar-refractivity contribution in [2.24, 2.45) is 0 Å². The predicted molar refractivity (Wildman–Crippen MR) is 85.3 cm³/mol. The van der Waals surface area contributed by atoms with Gasteiger partial charge in [-0.05, 0) is 44.7 Å². The molecule has 22 heavy (non-hydrogen) atoms. The molecule has 1 aromatic carbocycles. The molecule has 2 N–H and O–H groups in total. The van der Waals surface area contributed by atoms with Gasteiger partial charge in [-0.25, -0.2) is 0 Å². The minimum absolute atomic E-state index is 0.137. The topological polar surface area (TPSA) is 76.4 Å². The van der Waals surface area contributed by atoms with E-state index in [1.165, 1.54) is 0 Å². The van der Waals surface area contributed by atoms with Gasteiger partial charge in [0.05, 0.1) is 18.7 Å². The van der Waals surface area contributed by atoms with Crippen LogP contribution in [0.1, 0.15) is 32.6 Å². The van der Waals surface area contributed by atoms with Crippen molar-refractivity contribution < 1.29 is 9.90 Å². The highest BCUT2D eigenvalue weighted by Gasteiger charge is 2.35. The van der Waals surface area contributed by atoms with E-state index in [0.717, 1.165) is 31.4 Å². The third kappa shape index (κ3) is 4.22. The number of para-hydroxylation sites is 1. The summed E-state index contributed by atoms with van der Waals surface area (Å²) < 4.78 is 0. The van der Waals surface area contributed by atoms with Crippen LogP contribution in [0.4, 0.5) is 5.69 Å². The maximum Gasteiger partial charge on any atom is 0.240 e. The lowest BCUT2D eigenvalue weighted by molar-refractivity contribution is -0.121. The SMILES string of the molecule is C[C@H](O)CN(CC(=O)NC1(C#N)CCCC1)c1ccccc1. The van der Waals surface area contributed by atoms with E-state index < -0.39 is 11.6 Å². The number of amides is 1. The molecule has 0 spiro atoms. The molecule has 1 fully saturated rings. The molecule has 0 aliphatic heterocycles. The van der Waals surface area contributed by atoms with E-state index in [2.05, 4.69) is 11.4 Å². The zero-order valence-corrected chi connectivity index (χ0v) is 13.0. The highest BCUT2D eigenvalue weighted by molar-refractivity contribution is 5.82. The van der Waals surface area contributed by atoms with Gasteiger partial charge < -0.3 is 15.3 Å². The lowest BCUT2D eigenvalue weighted by Crippen LogP contribution is -2.49. The number of aliphatic hydroxyl groups excluding tert-OH is 1. The third-order valence-corrected chi connectivity index (χ3v) is 3.99. The van der Waals surface area contributed by atoms with Gasteiger partial charge in [0.1, 0.15) is 5.54 Å². The molecule has 0 unspecified atom stereocenters. The summed E-state index contributed by atoms with van der Waals surface area (Å²) in [7, 11) is 0. The fraction of sp³-hybridized carbons (Fsp3) is 0.529. The van der Waals surface area contributed by atoms with Crippen LogP contribution in [0.25, 0.3) is 0 Å². The Hall–Kier alpha value is -2.06. The summed E-state index contributed by atoms with van der Waals surface area (Å²) in [6, 6.07) is 11.8. The molecule has 1 atom stereocenters. The lowest BCUT2D eigenvalue weighted by Gasteiger charge is -2.28. The van der Waals surface area contributed by atoms with Crippen molar-refractivity contribution in [1.82, 2.24) is 5.32 Å². The van der Waals surface area contributed by atoms with E-state index in [0.29, 0.717) is 6.54 Å². The van der Waals surface area contributed by atoms with Crippen molar-refractivity contribution in [3.63, 3.8) is 0 Å². The van der Waals surface area contributed by atoms with Crippen LogP contribution < -0.4 is 10.2 Å². The molecule has 2 rings (SSSR count). The van der Waals surface area contributed by atoms with Crippen LogP contribution in [0.5, 0.6) is 0 Å². The van der Waals surface area contributed by atoms with E-state index >= 15 is 0 Å². The second-order valence-electron chi connectivity index (χ2n) is 6.01. The summed E-state index contributed by atoms with van der Waals surface area (Å²) in [5.74, 6) is -0.173. The zero-order valence-electron chi connectivity index (χ0n) is 13.0. The van der Waals surface area contributed by atoms with Crippen molar-refractivity contribution in [3.05, 3.63) is 30.3 Å². The Balaban J connectivity index is 2.04. The fourth-order valence-corrected chi connectivity index (χ4v) is 2.94. The molecular formula is C17H23N3O2. The van der Waals surface area contributed by atoms with Crippen molar-refractivity contribution in [2.75, 3.05) is 18.0 Å². The Kier molecular flexibility index (Phi) is 5.40. The first-order valence-corrected chi connectivity index (χ1v) is 7.75. The predicted octanol–water partition coefficient (Wildman–Crippen LogP) is 1.83. The zero-order chi connectivity index (χ0) is 16.0. The first-order valence-electron chi connectivity index (χ1n) is 7.75. The normalized spacial score (nSPS) is 17.5. The van der Waals surface area contributed by atoms with Crippen LogP contribution >= 0.6 is 0 Å². The molecule has 1 aliphatic carbocycles. The summed E-state index contributed by atoms with van der Waals surface area (Å²) in [5, 5.41) is 21.9. The van der Waals surface area contributed by atoms with Crippen LogP contribution in [-0.2, 0) is 4.79 Å². The number of carbonyl (C=O) groups is 1. The maximum atomic E-state index is 12.3. The summed E-state index contributed by atoms with van der Waals surface area (Å²) in [6.07, 6.45) is 2.85. The Labute approximate surface area is 131 Å². The Morgan fingerprint density at radius 3 is 2.59 bits per heavy atom. The summed E-state index contributed by atoms with van der Waals surface area (Å²) in [5.41, 5.74) is 0.181. The van der Waals surface area contributed by atoms with Crippen molar-refractivity contribution in [3.8, 4) is 6.07 Å². The molecule has 0 saturated heterocycles.